The molecule has 3 aliphatic rings. The summed E-state index contributed by atoms with van der Waals surface area (Å²) < 4.78 is 43.7. The Bertz CT molecular complexity index is 2510. The van der Waals surface area contributed by atoms with Gasteiger partial charge in [0.05, 0.1) is 35.5 Å². The average Bonchev–Trinajstić information content (AvgIpc) is 3.92. The molecule has 3 unspecified atom stereocenters. The molecule has 352 valence electrons. The Morgan fingerprint density at radius 2 is 1.80 bits per heavy atom. The van der Waals surface area contributed by atoms with Crippen LogP contribution in [0.4, 0.5) is 8.78 Å². The summed E-state index contributed by atoms with van der Waals surface area (Å²) in [6.45, 7) is 10.8. The van der Waals surface area contributed by atoms with Crippen molar-refractivity contribution in [2.75, 3.05) is 40.4 Å². The topological polar surface area (TPSA) is 155 Å². The molecule has 0 aliphatic carbocycles. The molecule has 4 amide bonds. The number of pyridine rings is 1. The number of methoxy groups -OCH3 is 1. The molecule has 2 N–H and O–H groups in total. The van der Waals surface area contributed by atoms with E-state index < -0.39 is 59.9 Å². The largest absolute Gasteiger partial charge is 0.464 e. The van der Waals surface area contributed by atoms with Crippen LogP contribution in [0.25, 0.3) is 33.3 Å². The first-order valence-corrected chi connectivity index (χ1v) is 22.7. The zero-order chi connectivity index (χ0) is 47.6. The quantitative estimate of drug-likeness (QED) is 0.132. The first-order chi connectivity index (χ1) is 31.4. The summed E-state index contributed by atoms with van der Waals surface area (Å²) >= 11 is 0. The lowest BCUT2D eigenvalue weighted by molar-refractivity contribution is -0.155. The van der Waals surface area contributed by atoms with Gasteiger partial charge in [-0.05, 0) is 91.1 Å². The summed E-state index contributed by atoms with van der Waals surface area (Å²) in [7, 11) is 3.11. The first-order valence-electron chi connectivity index (χ1n) is 22.7. The molecular formula is C50H61F2N7O7. The molecule has 2 saturated heterocycles. The summed E-state index contributed by atoms with van der Waals surface area (Å²) in [6.07, 6.45) is 3.92. The Hall–Kier alpha value is -6.00. The van der Waals surface area contributed by atoms with Crippen molar-refractivity contribution in [3.63, 3.8) is 0 Å². The summed E-state index contributed by atoms with van der Waals surface area (Å²) in [4.78, 5) is 76.7. The van der Waals surface area contributed by atoms with Gasteiger partial charge in [0.2, 0.25) is 17.7 Å². The van der Waals surface area contributed by atoms with Crippen LogP contribution in [0.5, 0.6) is 0 Å². The fourth-order valence-corrected chi connectivity index (χ4v) is 9.70. The van der Waals surface area contributed by atoms with Crippen molar-refractivity contribution in [2.24, 2.45) is 17.3 Å². The SMILES string of the molecule is C=CC(=O)N1CC[C@H](C(=O)N(C)C(C(=O)NC2Cc3cccc(c3)-c3ccc4c(c3)c(c(-c3cccnc3C(C)OC)n4C(F)F)CC(C)(C)COC(=O)[C@@H]3CCCN(N3)C2=O)C(C)C)C1. The van der Waals surface area contributed by atoms with Gasteiger partial charge in [0.15, 0.2) is 0 Å². The highest BCUT2D eigenvalue weighted by molar-refractivity contribution is 5.96. The van der Waals surface area contributed by atoms with Crippen molar-refractivity contribution in [1.29, 1.82) is 0 Å². The third kappa shape index (κ3) is 9.90. The molecule has 7 rings (SSSR count). The van der Waals surface area contributed by atoms with E-state index in [2.05, 4.69) is 22.3 Å². The normalized spacial score (nSPS) is 21.0. The Kier molecular flexibility index (Phi) is 14.4. The molecule has 2 aromatic heterocycles. The second-order valence-corrected chi connectivity index (χ2v) is 18.9. The smallest absolute Gasteiger partial charge is 0.324 e. The lowest BCUT2D eigenvalue weighted by Gasteiger charge is -2.37. The molecule has 4 aromatic rings. The number of amides is 4. The minimum Gasteiger partial charge on any atom is -0.464 e. The van der Waals surface area contributed by atoms with Gasteiger partial charge in [0.1, 0.15) is 18.1 Å². The first kappa shape index (κ1) is 47.9. The van der Waals surface area contributed by atoms with Crippen LogP contribution in [0.1, 0.15) is 83.4 Å². The Morgan fingerprint density at radius 3 is 2.52 bits per heavy atom. The van der Waals surface area contributed by atoms with E-state index in [-0.39, 0.29) is 50.3 Å². The van der Waals surface area contributed by atoms with Crippen LogP contribution in [-0.2, 0) is 46.3 Å². The highest BCUT2D eigenvalue weighted by Gasteiger charge is 2.40. The molecule has 2 aromatic carbocycles. The van der Waals surface area contributed by atoms with Crippen LogP contribution in [0.2, 0.25) is 0 Å². The Morgan fingerprint density at radius 1 is 1.05 bits per heavy atom. The minimum atomic E-state index is -2.92. The van der Waals surface area contributed by atoms with E-state index in [1.807, 2.05) is 65.0 Å². The number of hydrogen-bond acceptors (Lipinski definition) is 9. The maximum atomic E-state index is 15.5. The monoisotopic (exact) mass is 909 g/mol. The van der Waals surface area contributed by atoms with E-state index in [9.17, 15) is 24.0 Å². The lowest BCUT2D eigenvalue weighted by atomic mass is 9.84. The third-order valence-corrected chi connectivity index (χ3v) is 13.1. The van der Waals surface area contributed by atoms with Gasteiger partial charge in [-0.3, -0.25) is 38.5 Å². The molecule has 0 spiro atoms. The van der Waals surface area contributed by atoms with Crippen molar-refractivity contribution < 1.29 is 42.2 Å². The van der Waals surface area contributed by atoms with Gasteiger partial charge < -0.3 is 24.6 Å². The van der Waals surface area contributed by atoms with E-state index in [1.165, 1.54) is 16.0 Å². The predicted octanol–water partition coefficient (Wildman–Crippen LogP) is 6.64. The number of nitrogens with one attached hydrogen (secondary N) is 2. The Labute approximate surface area is 384 Å². The summed E-state index contributed by atoms with van der Waals surface area (Å²) in [5, 5.41) is 4.95. The molecule has 0 radical (unpaired) electrons. The number of aromatic nitrogens is 2. The van der Waals surface area contributed by atoms with Gasteiger partial charge in [0.25, 0.3) is 5.91 Å². The fourth-order valence-electron chi connectivity index (χ4n) is 9.70. The van der Waals surface area contributed by atoms with E-state index in [0.717, 1.165) is 15.7 Å². The van der Waals surface area contributed by atoms with Gasteiger partial charge >= 0.3 is 12.5 Å². The maximum absolute atomic E-state index is 15.5. The molecule has 0 saturated carbocycles. The fraction of sp³-hybridized carbons (Fsp3) is 0.480. The van der Waals surface area contributed by atoms with E-state index >= 15 is 8.78 Å². The minimum absolute atomic E-state index is 0.0461. The van der Waals surface area contributed by atoms with Crippen LogP contribution in [0.3, 0.4) is 0 Å². The molecule has 5 atom stereocenters. The zero-order valence-corrected chi connectivity index (χ0v) is 38.8. The number of hydrazine groups is 1. The van der Waals surface area contributed by atoms with Crippen molar-refractivity contribution in [1.82, 2.24) is 35.1 Å². The number of rotatable bonds is 10. The third-order valence-electron chi connectivity index (χ3n) is 13.1. The number of cyclic esters (lactones) is 1. The lowest BCUT2D eigenvalue weighted by Crippen LogP contribution is -2.62. The van der Waals surface area contributed by atoms with Gasteiger partial charge in [-0.25, -0.2) is 5.43 Å². The highest BCUT2D eigenvalue weighted by atomic mass is 19.3. The number of likely N-dealkylation sites (N-methyl/N-ethyl adjacent to an activating group) is 1. The standard InChI is InChI=1S/C50H61F2N7O7/c1-9-41(60)57-22-19-34(27-57)46(62)56(7)43(29(2)3)45(61)54-39-24-31-13-10-14-32(23-31)33-17-18-40-36(25-33)37(44(59(40)49(51)52)35-15-11-20-53-42(35)30(4)65-8)26-50(5,6)28-66-48(64)38-16-12-21-58(55-38)47(39)63/h9-11,13-15,17-18,20,23,25,29-30,34,38-39,43,49,55H,1,12,16,19,21-22,24,26-28H2,2-8H3,(H,54,61)/t30?,34-,38-,39?,43?/m0/s1. The number of carbonyl (C=O) groups excluding carboxylic acids is 5. The second kappa shape index (κ2) is 19.8. The number of hydrogen-bond donors (Lipinski definition) is 2. The van der Waals surface area contributed by atoms with Crippen LogP contribution < -0.4 is 10.7 Å². The van der Waals surface area contributed by atoms with Crippen molar-refractivity contribution in [3.8, 4) is 22.4 Å². The summed E-state index contributed by atoms with van der Waals surface area (Å²) in [5.41, 5.74) is 6.77. The Balaban J connectivity index is 1.30. The molecule has 6 bridgehead atoms. The number of likely N-dealkylation sites (tertiary alicyclic amines) is 1. The van der Waals surface area contributed by atoms with Crippen LogP contribution >= 0.6 is 0 Å². The molecule has 16 heteroatoms. The number of alkyl halides is 2. The van der Waals surface area contributed by atoms with E-state index in [0.29, 0.717) is 64.8 Å². The van der Waals surface area contributed by atoms with Crippen LogP contribution in [0, 0.1) is 17.3 Å². The molecular weight excluding hydrogens is 849 g/mol. The molecule has 66 heavy (non-hydrogen) atoms. The van der Waals surface area contributed by atoms with Gasteiger partial charge in [-0.1, -0.05) is 64.6 Å². The number of esters is 1. The van der Waals surface area contributed by atoms with Crippen LogP contribution in [0.15, 0.2) is 73.4 Å². The maximum Gasteiger partial charge on any atom is 0.324 e. The molecule has 2 fully saturated rings. The average molecular weight is 910 g/mol. The van der Waals surface area contributed by atoms with Gasteiger partial charge in [-0.15, -0.1) is 0 Å². The van der Waals surface area contributed by atoms with Gasteiger partial charge in [0, 0.05) is 62.8 Å². The van der Waals surface area contributed by atoms with Crippen LogP contribution in [-0.4, -0.2) is 112 Å². The van der Waals surface area contributed by atoms with E-state index in [1.54, 1.807) is 49.5 Å². The molecule has 14 nitrogen and oxygen atoms in total. The summed E-state index contributed by atoms with van der Waals surface area (Å²) in [5.74, 6) is -2.97. The van der Waals surface area contributed by atoms with Crippen molar-refractivity contribution in [3.05, 3.63) is 90.3 Å². The number of nitrogens with zero attached hydrogens (tertiary/aromatic N) is 5. The zero-order valence-electron chi connectivity index (χ0n) is 38.8. The number of ether oxygens (including phenoxy) is 2. The van der Waals surface area contributed by atoms with Crippen molar-refractivity contribution >= 4 is 40.5 Å². The number of halogens is 2. The molecule has 5 heterocycles. The number of carbonyl (C=O) groups is 5. The predicted molar refractivity (Wildman–Crippen MR) is 246 cm³/mol. The molecule has 3 aliphatic heterocycles. The van der Waals surface area contributed by atoms with Crippen molar-refractivity contribution in [2.45, 2.75) is 97.5 Å². The van der Waals surface area contributed by atoms with E-state index in [4.69, 9.17) is 9.47 Å². The number of fused-ring (bicyclic) bond motifs is 6. The highest BCUT2D eigenvalue weighted by Crippen LogP contribution is 2.44. The second-order valence-electron chi connectivity index (χ2n) is 18.9. The summed E-state index contributed by atoms with van der Waals surface area (Å²) in [6, 6.07) is 13.4. The van der Waals surface area contributed by atoms with Gasteiger partial charge in [-0.2, -0.15) is 8.78 Å². The number of benzene rings is 2.